The average Bonchev–Trinajstić information content (AvgIpc) is 2.77. The molecule has 0 aliphatic heterocycles. The summed E-state index contributed by atoms with van der Waals surface area (Å²) in [5.41, 5.74) is 1.91. The van der Waals surface area contributed by atoms with E-state index in [9.17, 15) is 18.0 Å². The topological polar surface area (TPSA) is 95.6 Å². The SMILES string of the molecule is Cc1ccc(S(=O)(=O)N(CC(=O)Nc2ccccc2C(=O)NC(C)(C)C)c2ccc(Cl)cc2C)cc1. The van der Waals surface area contributed by atoms with Gasteiger partial charge < -0.3 is 10.6 Å². The molecule has 3 aromatic rings. The van der Waals surface area contributed by atoms with Gasteiger partial charge in [-0.15, -0.1) is 0 Å². The molecule has 0 bridgehead atoms. The Morgan fingerprint density at radius 2 is 1.58 bits per heavy atom. The van der Waals surface area contributed by atoms with E-state index in [0.29, 0.717) is 16.3 Å². The maximum absolute atomic E-state index is 13.6. The van der Waals surface area contributed by atoms with Crippen LogP contribution in [0.3, 0.4) is 0 Å². The number of anilines is 2. The number of hydrogen-bond acceptors (Lipinski definition) is 4. The lowest BCUT2D eigenvalue weighted by atomic mass is 10.1. The van der Waals surface area contributed by atoms with Gasteiger partial charge in [-0.25, -0.2) is 8.42 Å². The molecule has 0 atom stereocenters. The summed E-state index contributed by atoms with van der Waals surface area (Å²) < 4.78 is 28.4. The second-order valence-corrected chi connectivity index (χ2v) is 11.9. The molecule has 2 N–H and O–H groups in total. The molecule has 190 valence electrons. The van der Waals surface area contributed by atoms with E-state index in [1.165, 1.54) is 12.1 Å². The summed E-state index contributed by atoms with van der Waals surface area (Å²) in [5.74, 6) is -0.952. The number of nitrogens with one attached hydrogen (secondary N) is 2. The normalized spacial score (nSPS) is 11.6. The van der Waals surface area contributed by atoms with Gasteiger partial charge in [0, 0.05) is 10.6 Å². The van der Waals surface area contributed by atoms with E-state index in [1.807, 2.05) is 27.7 Å². The Kier molecular flexibility index (Phi) is 8.11. The summed E-state index contributed by atoms with van der Waals surface area (Å²) in [4.78, 5) is 26.0. The summed E-state index contributed by atoms with van der Waals surface area (Å²) in [6.07, 6.45) is 0. The first-order valence-corrected chi connectivity index (χ1v) is 13.2. The van der Waals surface area contributed by atoms with E-state index < -0.39 is 28.0 Å². The Morgan fingerprint density at radius 1 is 0.944 bits per heavy atom. The minimum Gasteiger partial charge on any atom is -0.347 e. The van der Waals surface area contributed by atoms with Crippen molar-refractivity contribution in [1.82, 2.24) is 5.32 Å². The van der Waals surface area contributed by atoms with Gasteiger partial charge in [0.05, 0.1) is 21.8 Å². The van der Waals surface area contributed by atoms with Gasteiger partial charge in [-0.05, 0) is 82.6 Å². The number of para-hydroxylation sites is 1. The lowest BCUT2D eigenvalue weighted by molar-refractivity contribution is -0.114. The molecular weight excluding hydrogens is 498 g/mol. The smallest absolute Gasteiger partial charge is 0.264 e. The van der Waals surface area contributed by atoms with Crippen molar-refractivity contribution in [2.45, 2.75) is 45.1 Å². The van der Waals surface area contributed by atoms with Gasteiger partial charge in [-0.3, -0.25) is 13.9 Å². The fraction of sp³-hybridized carbons (Fsp3) is 0.259. The van der Waals surface area contributed by atoms with Crippen molar-refractivity contribution in [3.8, 4) is 0 Å². The number of carbonyl (C=O) groups excluding carboxylic acids is 2. The fourth-order valence-electron chi connectivity index (χ4n) is 3.55. The van der Waals surface area contributed by atoms with Crippen molar-refractivity contribution in [1.29, 1.82) is 0 Å². The van der Waals surface area contributed by atoms with E-state index in [2.05, 4.69) is 10.6 Å². The summed E-state index contributed by atoms with van der Waals surface area (Å²) in [5, 5.41) is 6.03. The van der Waals surface area contributed by atoms with Crippen LogP contribution in [0.5, 0.6) is 0 Å². The van der Waals surface area contributed by atoms with Crippen LogP contribution in [-0.2, 0) is 14.8 Å². The molecule has 0 spiro atoms. The van der Waals surface area contributed by atoms with Gasteiger partial charge in [-0.2, -0.15) is 0 Å². The molecular formula is C27H30ClN3O4S. The van der Waals surface area contributed by atoms with Crippen molar-refractivity contribution in [3.05, 3.63) is 88.4 Å². The summed E-state index contributed by atoms with van der Waals surface area (Å²) in [7, 11) is -4.09. The van der Waals surface area contributed by atoms with Crippen LogP contribution in [-0.4, -0.2) is 32.3 Å². The third kappa shape index (κ3) is 6.65. The van der Waals surface area contributed by atoms with Crippen LogP contribution < -0.4 is 14.9 Å². The van der Waals surface area contributed by atoms with Crippen molar-refractivity contribution < 1.29 is 18.0 Å². The Bertz CT molecular complexity index is 1380. The number of aryl methyl sites for hydroxylation is 2. The Balaban J connectivity index is 1.96. The van der Waals surface area contributed by atoms with Crippen LogP contribution >= 0.6 is 11.6 Å². The van der Waals surface area contributed by atoms with Crippen molar-refractivity contribution in [2.24, 2.45) is 0 Å². The lowest BCUT2D eigenvalue weighted by Crippen LogP contribution is -2.41. The maximum Gasteiger partial charge on any atom is 0.264 e. The Morgan fingerprint density at radius 3 is 2.19 bits per heavy atom. The monoisotopic (exact) mass is 527 g/mol. The number of amides is 2. The van der Waals surface area contributed by atoms with Gasteiger partial charge in [0.2, 0.25) is 5.91 Å². The van der Waals surface area contributed by atoms with Crippen LogP contribution in [0, 0.1) is 13.8 Å². The van der Waals surface area contributed by atoms with E-state index in [0.717, 1.165) is 9.87 Å². The van der Waals surface area contributed by atoms with Gasteiger partial charge in [0.1, 0.15) is 6.54 Å². The minimum absolute atomic E-state index is 0.0557. The number of hydrogen-bond donors (Lipinski definition) is 2. The molecule has 9 heteroatoms. The first-order chi connectivity index (χ1) is 16.8. The van der Waals surface area contributed by atoms with Crippen molar-refractivity contribution >= 4 is 44.8 Å². The molecule has 0 aromatic heterocycles. The first-order valence-electron chi connectivity index (χ1n) is 11.3. The second kappa shape index (κ2) is 10.7. The molecule has 0 fully saturated rings. The van der Waals surface area contributed by atoms with Gasteiger partial charge in [0.25, 0.3) is 15.9 Å². The highest BCUT2D eigenvalue weighted by atomic mass is 35.5. The van der Waals surface area contributed by atoms with Crippen LogP contribution in [0.1, 0.15) is 42.3 Å². The molecule has 7 nitrogen and oxygen atoms in total. The number of sulfonamides is 1. The Labute approximate surface area is 217 Å². The predicted octanol–water partition coefficient (Wildman–Crippen LogP) is 5.32. The zero-order valence-corrected chi connectivity index (χ0v) is 22.5. The van der Waals surface area contributed by atoms with Crippen molar-refractivity contribution in [2.75, 3.05) is 16.2 Å². The number of halogens is 1. The van der Waals surface area contributed by atoms with E-state index in [4.69, 9.17) is 11.6 Å². The molecule has 0 aliphatic rings. The molecule has 36 heavy (non-hydrogen) atoms. The third-order valence-electron chi connectivity index (χ3n) is 5.26. The number of nitrogens with zero attached hydrogens (tertiary/aromatic N) is 1. The average molecular weight is 528 g/mol. The lowest BCUT2D eigenvalue weighted by Gasteiger charge is -2.26. The molecule has 0 heterocycles. The van der Waals surface area contributed by atoms with E-state index >= 15 is 0 Å². The highest BCUT2D eigenvalue weighted by Gasteiger charge is 2.29. The molecule has 3 rings (SSSR count). The molecule has 0 aliphatic carbocycles. The number of carbonyl (C=O) groups is 2. The molecule has 0 radical (unpaired) electrons. The summed E-state index contributed by atoms with van der Waals surface area (Å²) in [6, 6.07) is 17.8. The maximum atomic E-state index is 13.6. The highest BCUT2D eigenvalue weighted by Crippen LogP contribution is 2.29. The summed E-state index contributed by atoms with van der Waals surface area (Å²) >= 11 is 6.09. The fourth-order valence-corrected chi connectivity index (χ4v) is 5.27. The van der Waals surface area contributed by atoms with E-state index in [-0.39, 0.29) is 22.1 Å². The summed E-state index contributed by atoms with van der Waals surface area (Å²) in [6.45, 7) is 8.64. The third-order valence-corrected chi connectivity index (χ3v) is 7.27. The van der Waals surface area contributed by atoms with Crippen molar-refractivity contribution in [3.63, 3.8) is 0 Å². The Hall–Kier alpha value is -3.36. The first kappa shape index (κ1) is 27.2. The standard InChI is InChI=1S/C27H30ClN3O4S/c1-18-10-13-21(14-11-18)36(34,35)31(24-15-12-20(28)16-19(24)2)17-25(32)29-23-9-7-6-8-22(23)26(33)30-27(3,4)5/h6-16H,17H2,1-5H3,(H,29,32)(H,30,33). The molecule has 0 unspecified atom stereocenters. The van der Waals surface area contributed by atoms with Crippen LogP contribution in [0.4, 0.5) is 11.4 Å². The van der Waals surface area contributed by atoms with Gasteiger partial charge >= 0.3 is 0 Å². The van der Waals surface area contributed by atoms with Crippen LogP contribution in [0.25, 0.3) is 0 Å². The largest absolute Gasteiger partial charge is 0.347 e. The quantitative estimate of drug-likeness (QED) is 0.434. The zero-order valence-electron chi connectivity index (χ0n) is 20.9. The minimum atomic E-state index is -4.09. The molecule has 2 amide bonds. The second-order valence-electron chi connectivity index (χ2n) is 9.55. The molecule has 0 saturated heterocycles. The molecule has 0 saturated carbocycles. The van der Waals surface area contributed by atoms with Crippen LogP contribution in [0.15, 0.2) is 71.6 Å². The van der Waals surface area contributed by atoms with Gasteiger partial charge in [0.15, 0.2) is 0 Å². The number of benzene rings is 3. The highest BCUT2D eigenvalue weighted by molar-refractivity contribution is 7.92. The van der Waals surface area contributed by atoms with Crippen LogP contribution in [0.2, 0.25) is 5.02 Å². The zero-order chi connectivity index (χ0) is 26.7. The predicted molar refractivity (Wildman–Crippen MR) is 144 cm³/mol. The molecule has 3 aromatic carbocycles. The number of rotatable bonds is 7. The van der Waals surface area contributed by atoms with E-state index in [1.54, 1.807) is 61.5 Å². The van der Waals surface area contributed by atoms with Gasteiger partial charge in [-0.1, -0.05) is 41.4 Å².